The average molecular weight is 497 g/mol. The number of carbonyl (C=O) groups is 5. The van der Waals surface area contributed by atoms with Crippen LogP contribution in [0.2, 0.25) is 0 Å². The van der Waals surface area contributed by atoms with Gasteiger partial charge in [-0.25, -0.2) is 0 Å². The van der Waals surface area contributed by atoms with Crippen LogP contribution in [0.3, 0.4) is 0 Å². The van der Waals surface area contributed by atoms with Gasteiger partial charge in [-0.3, -0.25) is 29.0 Å². The highest BCUT2D eigenvalue weighted by molar-refractivity contribution is 5.95. The first-order chi connectivity index (χ1) is 16.4. The molecule has 0 aliphatic carbocycles. The van der Waals surface area contributed by atoms with Crippen molar-refractivity contribution in [2.45, 2.75) is 84.0 Å². The normalized spacial score (nSPS) is 18.5. The van der Waals surface area contributed by atoms with Gasteiger partial charge in [0.15, 0.2) is 5.96 Å². The molecule has 1 rings (SSSR count). The Morgan fingerprint density at radius 1 is 1.06 bits per heavy atom. The van der Waals surface area contributed by atoms with E-state index < -0.39 is 47.8 Å². The van der Waals surface area contributed by atoms with Gasteiger partial charge in [-0.2, -0.15) is 0 Å². The largest absolute Gasteiger partial charge is 0.370 e. The minimum atomic E-state index is -0.959. The number of nitrogens with zero attached hydrogens (tertiary/aromatic N) is 2. The summed E-state index contributed by atoms with van der Waals surface area (Å²) in [6.07, 6.45) is 2.25. The highest BCUT2D eigenvalue weighted by Crippen LogP contribution is 2.20. The van der Waals surface area contributed by atoms with E-state index in [2.05, 4.69) is 20.9 Å². The van der Waals surface area contributed by atoms with Gasteiger partial charge in [-0.05, 0) is 38.5 Å². The molecule has 0 bridgehead atoms. The van der Waals surface area contributed by atoms with E-state index in [1.165, 1.54) is 18.7 Å². The van der Waals surface area contributed by atoms with Crippen LogP contribution in [0.1, 0.15) is 59.8 Å². The summed E-state index contributed by atoms with van der Waals surface area (Å²) in [6.45, 7) is 7.08. The number of nitrogens with one attached hydrogen (secondary N) is 3. The molecule has 0 unspecified atom stereocenters. The lowest BCUT2D eigenvalue weighted by Crippen LogP contribution is -2.58. The minimum Gasteiger partial charge on any atom is -0.370 e. The summed E-state index contributed by atoms with van der Waals surface area (Å²) in [5.41, 5.74) is 16.0. The second-order valence-electron chi connectivity index (χ2n) is 8.90. The van der Waals surface area contributed by atoms with Crippen molar-refractivity contribution < 1.29 is 24.0 Å². The number of aliphatic imine (C=N–C) groups is 1. The van der Waals surface area contributed by atoms with Crippen LogP contribution in [0, 0.1) is 5.92 Å². The molecule has 0 aromatic heterocycles. The number of amides is 5. The molecule has 9 N–H and O–H groups in total. The second-order valence-corrected chi connectivity index (χ2v) is 8.90. The Morgan fingerprint density at radius 2 is 1.71 bits per heavy atom. The molecule has 1 saturated heterocycles. The summed E-state index contributed by atoms with van der Waals surface area (Å²) >= 11 is 0. The molecule has 0 radical (unpaired) electrons. The number of likely N-dealkylation sites (tertiary alicyclic amines) is 1. The zero-order valence-corrected chi connectivity index (χ0v) is 21.0. The fourth-order valence-corrected chi connectivity index (χ4v) is 3.83. The summed E-state index contributed by atoms with van der Waals surface area (Å²) in [5, 5.41) is 7.93. The zero-order chi connectivity index (χ0) is 26.7. The van der Waals surface area contributed by atoms with E-state index in [1.54, 1.807) is 0 Å². The number of hydrogen-bond donors (Lipinski definition) is 6. The number of carbonyl (C=O) groups excluding carboxylic acids is 5. The Kier molecular flexibility index (Phi) is 12.0. The summed E-state index contributed by atoms with van der Waals surface area (Å²) < 4.78 is 0. The van der Waals surface area contributed by atoms with Gasteiger partial charge in [0.2, 0.25) is 29.5 Å². The predicted octanol–water partition coefficient (Wildman–Crippen LogP) is -1.94. The van der Waals surface area contributed by atoms with Gasteiger partial charge < -0.3 is 38.1 Å². The summed E-state index contributed by atoms with van der Waals surface area (Å²) in [6, 6.07) is -3.45. The first kappa shape index (κ1) is 29.7. The maximum absolute atomic E-state index is 13.5. The molecule has 1 aliphatic rings. The van der Waals surface area contributed by atoms with E-state index in [0.717, 1.165) is 0 Å². The lowest BCUT2D eigenvalue weighted by atomic mass is 9.97. The van der Waals surface area contributed by atoms with Gasteiger partial charge in [0.05, 0.1) is 0 Å². The number of rotatable bonds is 13. The lowest BCUT2D eigenvalue weighted by Gasteiger charge is -2.31. The maximum atomic E-state index is 13.5. The van der Waals surface area contributed by atoms with E-state index >= 15 is 0 Å². The Labute approximate surface area is 206 Å². The van der Waals surface area contributed by atoms with Crippen molar-refractivity contribution >= 4 is 35.5 Å². The summed E-state index contributed by atoms with van der Waals surface area (Å²) in [5.74, 6) is -2.70. The third-order valence-corrected chi connectivity index (χ3v) is 6.04. The summed E-state index contributed by atoms with van der Waals surface area (Å²) in [4.78, 5) is 67.6. The second kappa shape index (κ2) is 14.1. The molecular weight excluding hydrogens is 456 g/mol. The molecule has 1 fully saturated rings. The smallest absolute Gasteiger partial charge is 0.245 e. The van der Waals surface area contributed by atoms with Gasteiger partial charge in [0.25, 0.3) is 0 Å². The van der Waals surface area contributed by atoms with Gasteiger partial charge in [-0.15, -0.1) is 0 Å². The van der Waals surface area contributed by atoms with Crippen LogP contribution in [-0.4, -0.2) is 77.7 Å². The molecule has 1 aliphatic heterocycles. The van der Waals surface area contributed by atoms with Crippen LogP contribution >= 0.6 is 0 Å². The fourth-order valence-electron chi connectivity index (χ4n) is 3.83. The van der Waals surface area contributed by atoms with E-state index in [0.29, 0.717) is 32.2 Å². The Balaban J connectivity index is 3.08. The van der Waals surface area contributed by atoms with Crippen LogP contribution in [0.25, 0.3) is 0 Å². The summed E-state index contributed by atoms with van der Waals surface area (Å²) in [7, 11) is 0. The van der Waals surface area contributed by atoms with Crippen LogP contribution in [0.4, 0.5) is 0 Å². The first-order valence-corrected chi connectivity index (χ1v) is 11.9. The molecule has 5 amide bonds. The van der Waals surface area contributed by atoms with E-state index in [9.17, 15) is 24.0 Å². The first-order valence-electron chi connectivity index (χ1n) is 11.9. The SMILES string of the molecule is CC[C@H](C)[C@H](NC(C)=O)C(=O)N[C@@H](CCCN=C(N)N)C(=O)N1CCC[C@H]1C(=O)N[C@H](C)C(N)=O. The highest BCUT2D eigenvalue weighted by atomic mass is 16.2. The molecule has 35 heavy (non-hydrogen) atoms. The van der Waals surface area contributed by atoms with Crippen molar-refractivity contribution in [3.8, 4) is 0 Å². The Hall–Kier alpha value is -3.38. The van der Waals surface area contributed by atoms with E-state index in [4.69, 9.17) is 17.2 Å². The molecule has 13 heteroatoms. The van der Waals surface area contributed by atoms with Crippen LogP contribution in [0.5, 0.6) is 0 Å². The van der Waals surface area contributed by atoms with Crippen molar-refractivity contribution in [2.24, 2.45) is 28.1 Å². The number of primary amides is 1. The van der Waals surface area contributed by atoms with Crippen molar-refractivity contribution in [2.75, 3.05) is 13.1 Å². The number of hydrogen-bond acceptors (Lipinski definition) is 6. The van der Waals surface area contributed by atoms with Crippen molar-refractivity contribution in [3.63, 3.8) is 0 Å². The Bertz CT molecular complexity index is 814. The third kappa shape index (κ3) is 9.41. The average Bonchev–Trinajstić information content (AvgIpc) is 3.28. The highest BCUT2D eigenvalue weighted by Gasteiger charge is 2.39. The maximum Gasteiger partial charge on any atom is 0.245 e. The van der Waals surface area contributed by atoms with Crippen LogP contribution in [-0.2, 0) is 24.0 Å². The molecule has 1 heterocycles. The quantitative estimate of drug-likeness (QED) is 0.0962. The van der Waals surface area contributed by atoms with Gasteiger partial charge >= 0.3 is 0 Å². The lowest BCUT2D eigenvalue weighted by molar-refractivity contribution is -0.142. The van der Waals surface area contributed by atoms with E-state index in [1.807, 2.05) is 13.8 Å². The monoisotopic (exact) mass is 496 g/mol. The van der Waals surface area contributed by atoms with Crippen molar-refractivity contribution in [3.05, 3.63) is 0 Å². The van der Waals surface area contributed by atoms with Crippen LogP contribution in [0.15, 0.2) is 4.99 Å². The Morgan fingerprint density at radius 3 is 2.26 bits per heavy atom. The van der Waals surface area contributed by atoms with Crippen LogP contribution < -0.4 is 33.2 Å². The van der Waals surface area contributed by atoms with Gasteiger partial charge in [0.1, 0.15) is 24.2 Å². The number of nitrogens with two attached hydrogens (primary N) is 3. The standard InChI is InChI=1S/C22H40N8O5/c1-5-12(2)17(28-14(4)31)20(34)29-15(8-6-10-26-22(24)25)21(35)30-11-7-9-16(30)19(33)27-13(3)18(23)32/h12-13,15-17H,5-11H2,1-4H3,(H2,23,32)(H,27,33)(H,28,31)(H,29,34)(H4,24,25,26)/t12-,13+,15-,16-,17-/m0/s1. The molecule has 0 aromatic carbocycles. The zero-order valence-electron chi connectivity index (χ0n) is 21.0. The molecule has 198 valence electrons. The fraction of sp³-hybridized carbons (Fsp3) is 0.727. The molecular formula is C22H40N8O5. The minimum absolute atomic E-state index is 0.0840. The van der Waals surface area contributed by atoms with Gasteiger partial charge in [0, 0.05) is 20.0 Å². The number of guanidine groups is 1. The van der Waals surface area contributed by atoms with Crippen molar-refractivity contribution in [1.82, 2.24) is 20.9 Å². The molecule has 0 aromatic rings. The third-order valence-electron chi connectivity index (χ3n) is 6.04. The van der Waals surface area contributed by atoms with Crippen molar-refractivity contribution in [1.29, 1.82) is 0 Å². The van der Waals surface area contributed by atoms with E-state index in [-0.39, 0.29) is 30.8 Å². The molecule has 0 saturated carbocycles. The predicted molar refractivity (Wildman–Crippen MR) is 130 cm³/mol. The molecule has 0 spiro atoms. The molecule has 5 atom stereocenters. The topological polar surface area (TPSA) is 215 Å². The van der Waals surface area contributed by atoms with Gasteiger partial charge in [-0.1, -0.05) is 20.3 Å². The molecule has 13 nitrogen and oxygen atoms in total.